The van der Waals surface area contributed by atoms with Crippen LogP contribution in [0.5, 0.6) is 0 Å². The summed E-state index contributed by atoms with van der Waals surface area (Å²) in [5.74, 6) is -0.544. The molecule has 0 N–H and O–H groups in total. The number of carbonyl (C=O) groups is 2. The molecule has 7 heteroatoms. The predicted molar refractivity (Wildman–Crippen MR) is 106 cm³/mol. The van der Waals surface area contributed by atoms with Gasteiger partial charge < -0.3 is 9.80 Å². The maximum absolute atomic E-state index is 13.1. The summed E-state index contributed by atoms with van der Waals surface area (Å²) in [5, 5.41) is 11.0. The highest BCUT2D eigenvalue weighted by atomic mass is 16.6. The van der Waals surface area contributed by atoms with Gasteiger partial charge in [0.25, 0.3) is 5.69 Å². The number of rotatable bonds is 3. The van der Waals surface area contributed by atoms with Gasteiger partial charge in [0.1, 0.15) is 0 Å². The highest BCUT2D eigenvalue weighted by Gasteiger charge is 2.39. The minimum absolute atomic E-state index is 0.0326. The average Bonchev–Trinajstić information content (AvgIpc) is 3.26. The van der Waals surface area contributed by atoms with E-state index in [1.54, 1.807) is 15.9 Å². The quantitative estimate of drug-likeness (QED) is 0.606. The third-order valence-corrected chi connectivity index (χ3v) is 5.78. The maximum Gasteiger partial charge on any atom is 0.269 e. The molecule has 2 aromatic carbocycles. The van der Waals surface area contributed by atoms with E-state index in [1.807, 2.05) is 32.0 Å². The highest BCUT2D eigenvalue weighted by molar-refractivity contribution is 6.05. The molecule has 2 amide bonds. The minimum Gasteiger partial charge on any atom is -0.311 e. The van der Waals surface area contributed by atoms with E-state index in [-0.39, 0.29) is 23.9 Å². The molecule has 4 rings (SSSR count). The van der Waals surface area contributed by atoms with Crippen LogP contribution in [0.3, 0.4) is 0 Å². The summed E-state index contributed by atoms with van der Waals surface area (Å²) in [6, 6.07) is 10.4. The third kappa shape index (κ3) is 2.93. The van der Waals surface area contributed by atoms with Gasteiger partial charge in [-0.2, -0.15) is 0 Å². The van der Waals surface area contributed by atoms with Gasteiger partial charge in [0.2, 0.25) is 11.8 Å². The molecule has 0 spiro atoms. The fourth-order valence-corrected chi connectivity index (χ4v) is 4.08. The van der Waals surface area contributed by atoms with Crippen LogP contribution in [-0.4, -0.2) is 29.8 Å². The Labute approximate surface area is 162 Å². The van der Waals surface area contributed by atoms with Crippen molar-refractivity contribution in [3.8, 4) is 0 Å². The number of anilines is 2. The summed E-state index contributed by atoms with van der Waals surface area (Å²) < 4.78 is 0. The molecule has 1 atom stereocenters. The Hall–Kier alpha value is -3.22. The number of hydrogen-bond acceptors (Lipinski definition) is 4. The topological polar surface area (TPSA) is 83.8 Å². The van der Waals surface area contributed by atoms with Crippen LogP contribution in [0.4, 0.5) is 17.1 Å². The normalized spacial score (nSPS) is 18.5. The van der Waals surface area contributed by atoms with Gasteiger partial charge in [0.05, 0.1) is 10.8 Å². The fourth-order valence-electron chi connectivity index (χ4n) is 4.08. The molecule has 0 aromatic heterocycles. The fraction of sp³-hybridized carbons (Fsp3) is 0.333. The minimum atomic E-state index is -0.428. The number of hydrogen-bond donors (Lipinski definition) is 0. The molecule has 1 unspecified atom stereocenters. The number of nitro benzene ring substituents is 1. The van der Waals surface area contributed by atoms with E-state index in [0.29, 0.717) is 25.2 Å². The second kappa shape index (κ2) is 6.74. The van der Waals surface area contributed by atoms with Gasteiger partial charge >= 0.3 is 0 Å². The third-order valence-electron chi connectivity index (χ3n) is 5.78. The summed E-state index contributed by atoms with van der Waals surface area (Å²) >= 11 is 0. The standard InChI is InChI=1S/C21H21N3O4/c1-13-4-3-5-18(14(13)2)23-12-16(11-20(23)25)21(26)22-9-8-15-10-17(24(27)28)6-7-19(15)22/h3-7,10,16H,8-9,11-12H2,1-2H3. The van der Waals surface area contributed by atoms with Crippen LogP contribution in [0.1, 0.15) is 23.1 Å². The lowest BCUT2D eigenvalue weighted by atomic mass is 10.1. The second-order valence-electron chi connectivity index (χ2n) is 7.43. The van der Waals surface area contributed by atoms with Crippen molar-refractivity contribution in [2.24, 2.45) is 5.92 Å². The molecule has 28 heavy (non-hydrogen) atoms. The number of nitro groups is 1. The Morgan fingerprint density at radius 2 is 1.96 bits per heavy atom. The van der Waals surface area contributed by atoms with E-state index in [0.717, 1.165) is 22.4 Å². The molecule has 0 saturated carbocycles. The van der Waals surface area contributed by atoms with E-state index in [9.17, 15) is 19.7 Å². The number of carbonyl (C=O) groups excluding carboxylic acids is 2. The van der Waals surface area contributed by atoms with Gasteiger partial charge in [-0.1, -0.05) is 12.1 Å². The Morgan fingerprint density at radius 3 is 2.71 bits per heavy atom. The predicted octanol–water partition coefficient (Wildman–Crippen LogP) is 3.15. The Morgan fingerprint density at radius 1 is 1.18 bits per heavy atom. The monoisotopic (exact) mass is 379 g/mol. The summed E-state index contributed by atoms with van der Waals surface area (Å²) in [6.45, 7) is 4.84. The lowest BCUT2D eigenvalue weighted by molar-refractivity contribution is -0.384. The van der Waals surface area contributed by atoms with Crippen LogP contribution in [0.25, 0.3) is 0 Å². The zero-order valence-corrected chi connectivity index (χ0v) is 15.8. The summed E-state index contributed by atoms with van der Waals surface area (Å²) in [7, 11) is 0. The van der Waals surface area contributed by atoms with Gasteiger partial charge in [-0.05, 0) is 49.1 Å². The van der Waals surface area contributed by atoms with Gasteiger partial charge in [-0.3, -0.25) is 19.7 Å². The van der Waals surface area contributed by atoms with Crippen molar-refractivity contribution in [1.82, 2.24) is 0 Å². The molecule has 0 aliphatic carbocycles. The van der Waals surface area contributed by atoms with Gasteiger partial charge in [-0.15, -0.1) is 0 Å². The molecule has 2 heterocycles. The molecule has 0 bridgehead atoms. The zero-order valence-electron chi connectivity index (χ0n) is 15.8. The SMILES string of the molecule is Cc1cccc(N2CC(C(=O)N3CCc4cc([N+](=O)[O-])ccc43)CC2=O)c1C. The van der Waals surface area contributed by atoms with E-state index in [4.69, 9.17) is 0 Å². The van der Waals surface area contributed by atoms with Crippen molar-refractivity contribution in [2.75, 3.05) is 22.9 Å². The number of non-ortho nitro benzene ring substituents is 1. The van der Waals surface area contributed by atoms with Crippen LogP contribution in [-0.2, 0) is 16.0 Å². The molecule has 1 fully saturated rings. The average molecular weight is 379 g/mol. The molecular weight excluding hydrogens is 358 g/mol. The van der Waals surface area contributed by atoms with E-state index in [2.05, 4.69) is 0 Å². The van der Waals surface area contributed by atoms with E-state index < -0.39 is 10.8 Å². The van der Waals surface area contributed by atoms with E-state index in [1.165, 1.54) is 12.1 Å². The van der Waals surface area contributed by atoms with Crippen LogP contribution < -0.4 is 9.80 Å². The van der Waals surface area contributed by atoms with Crippen molar-refractivity contribution in [1.29, 1.82) is 0 Å². The Balaban J connectivity index is 1.55. The largest absolute Gasteiger partial charge is 0.311 e. The molecule has 1 saturated heterocycles. The highest BCUT2D eigenvalue weighted by Crippen LogP contribution is 2.35. The molecule has 0 radical (unpaired) electrons. The molecule has 144 valence electrons. The van der Waals surface area contributed by atoms with Crippen molar-refractivity contribution < 1.29 is 14.5 Å². The number of amides is 2. The summed E-state index contributed by atoms with van der Waals surface area (Å²) in [5.41, 5.74) is 4.56. The van der Waals surface area contributed by atoms with Gasteiger partial charge in [-0.25, -0.2) is 0 Å². The molecule has 2 aliphatic rings. The molecular formula is C21H21N3O4. The first-order valence-electron chi connectivity index (χ1n) is 9.32. The summed E-state index contributed by atoms with van der Waals surface area (Å²) in [4.78, 5) is 39.6. The van der Waals surface area contributed by atoms with Crippen molar-refractivity contribution in [2.45, 2.75) is 26.7 Å². The molecule has 2 aliphatic heterocycles. The van der Waals surface area contributed by atoms with Crippen LogP contribution in [0.15, 0.2) is 36.4 Å². The van der Waals surface area contributed by atoms with Crippen LogP contribution >= 0.6 is 0 Å². The molecule has 2 aromatic rings. The first-order chi connectivity index (χ1) is 13.4. The van der Waals surface area contributed by atoms with E-state index >= 15 is 0 Å². The van der Waals surface area contributed by atoms with Gasteiger partial charge in [0.15, 0.2) is 0 Å². The van der Waals surface area contributed by atoms with Crippen LogP contribution in [0.2, 0.25) is 0 Å². The number of fused-ring (bicyclic) bond motifs is 1. The Bertz CT molecular complexity index is 1000. The zero-order chi connectivity index (χ0) is 20.0. The first-order valence-corrected chi connectivity index (χ1v) is 9.32. The smallest absolute Gasteiger partial charge is 0.269 e. The van der Waals surface area contributed by atoms with Crippen LogP contribution in [0, 0.1) is 29.9 Å². The number of nitrogens with zero attached hydrogens (tertiary/aromatic N) is 3. The number of aryl methyl sites for hydroxylation is 1. The lowest BCUT2D eigenvalue weighted by Gasteiger charge is -2.23. The summed E-state index contributed by atoms with van der Waals surface area (Å²) in [6.07, 6.45) is 0.773. The maximum atomic E-state index is 13.1. The van der Waals surface area contributed by atoms with Crippen molar-refractivity contribution in [3.05, 3.63) is 63.2 Å². The first kappa shape index (κ1) is 18.2. The second-order valence-corrected chi connectivity index (χ2v) is 7.43. The van der Waals surface area contributed by atoms with Crippen molar-refractivity contribution in [3.63, 3.8) is 0 Å². The number of benzene rings is 2. The van der Waals surface area contributed by atoms with Crippen molar-refractivity contribution >= 4 is 28.9 Å². The molecule has 7 nitrogen and oxygen atoms in total. The Kier molecular flexibility index (Phi) is 4.37. The van der Waals surface area contributed by atoms with Gasteiger partial charge in [0, 0.05) is 43.0 Å². The lowest BCUT2D eigenvalue weighted by Crippen LogP contribution is -2.36.